The summed E-state index contributed by atoms with van der Waals surface area (Å²) in [7, 11) is -10.6. The van der Waals surface area contributed by atoms with E-state index in [0.717, 1.165) is 12.1 Å². The minimum atomic E-state index is -5.43. The number of rotatable bonds is 10. The maximum absolute atomic E-state index is 12.4. The van der Waals surface area contributed by atoms with Crippen LogP contribution in [0.5, 0.6) is 5.75 Å². The fourth-order valence-electron chi connectivity index (χ4n) is 1.94. The SMILES string of the molecule is CCCOC(=O)c1ccc(OP(=O)(O)C(O)(CCCN)P(=O)(O)O)cc1. The molecule has 0 aromatic heterocycles. The Morgan fingerprint density at radius 2 is 1.77 bits per heavy atom. The van der Waals surface area contributed by atoms with E-state index in [4.69, 9.17) is 15.0 Å². The van der Waals surface area contributed by atoms with Crippen molar-refractivity contribution >= 4 is 21.2 Å². The van der Waals surface area contributed by atoms with Gasteiger partial charge >= 0.3 is 21.2 Å². The summed E-state index contributed by atoms with van der Waals surface area (Å²) < 4.78 is 33.7. The van der Waals surface area contributed by atoms with Gasteiger partial charge in [-0.15, -0.1) is 0 Å². The Balaban J connectivity index is 3.02. The Morgan fingerprint density at radius 1 is 1.19 bits per heavy atom. The number of carbonyl (C=O) groups is 1. The largest absolute Gasteiger partial charge is 0.462 e. The molecule has 0 aliphatic carbocycles. The molecule has 0 saturated carbocycles. The Morgan fingerprint density at radius 3 is 2.23 bits per heavy atom. The molecule has 0 aliphatic rings. The van der Waals surface area contributed by atoms with E-state index in [1.807, 2.05) is 6.92 Å². The average Bonchev–Trinajstić information content (AvgIpc) is 2.56. The zero-order valence-electron chi connectivity index (χ0n) is 14.1. The maximum atomic E-state index is 12.4. The lowest BCUT2D eigenvalue weighted by Crippen LogP contribution is -2.31. The molecular weight excluding hydrogens is 388 g/mol. The molecule has 0 spiro atoms. The van der Waals surface area contributed by atoms with E-state index in [-0.39, 0.29) is 30.9 Å². The van der Waals surface area contributed by atoms with Crippen LogP contribution in [-0.4, -0.2) is 44.0 Å². The average molecular weight is 411 g/mol. The molecule has 1 rings (SSSR count). The second-order valence-electron chi connectivity index (χ2n) is 5.48. The van der Waals surface area contributed by atoms with Crippen molar-refractivity contribution in [1.29, 1.82) is 0 Å². The minimum absolute atomic E-state index is 0.0587. The van der Waals surface area contributed by atoms with E-state index in [2.05, 4.69) is 0 Å². The second kappa shape index (κ2) is 9.10. The number of carbonyl (C=O) groups excluding carboxylic acids is 1. The Kier molecular flexibility index (Phi) is 7.98. The second-order valence-corrected chi connectivity index (χ2v) is 9.63. The summed E-state index contributed by atoms with van der Waals surface area (Å²) in [6, 6.07) is 4.80. The monoisotopic (exact) mass is 411 g/mol. The lowest BCUT2D eigenvalue weighted by atomic mass is 10.2. The van der Waals surface area contributed by atoms with Crippen molar-refractivity contribution in [3.8, 4) is 5.75 Å². The maximum Gasteiger partial charge on any atom is 0.420 e. The Labute approximate surface area is 150 Å². The summed E-state index contributed by atoms with van der Waals surface area (Å²) in [4.78, 5) is 40.3. The predicted octanol–water partition coefficient (Wildman–Crippen LogP) is 1.38. The number of esters is 1. The first-order valence-electron chi connectivity index (χ1n) is 7.76. The minimum Gasteiger partial charge on any atom is -0.462 e. The van der Waals surface area contributed by atoms with Gasteiger partial charge in [0, 0.05) is 6.42 Å². The molecule has 10 nitrogen and oxygen atoms in total. The molecule has 0 radical (unpaired) electrons. The lowest BCUT2D eigenvalue weighted by Gasteiger charge is -2.31. The fourth-order valence-corrected chi connectivity index (χ4v) is 4.82. The van der Waals surface area contributed by atoms with Crippen molar-refractivity contribution in [2.45, 2.75) is 31.3 Å². The summed E-state index contributed by atoms with van der Waals surface area (Å²) in [6.07, 6.45) is -0.203. The zero-order chi connectivity index (χ0) is 20.0. The topological polar surface area (TPSA) is 177 Å². The van der Waals surface area contributed by atoms with E-state index in [1.54, 1.807) is 0 Å². The van der Waals surface area contributed by atoms with Crippen LogP contribution in [0.15, 0.2) is 24.3 Å². The van der Waals surface area contributed by atoms with Crippen molar-refractivity contribution in [1.82, 2.24) is 0 Å². The number of benzene rings is 1. The van der Waals surface area contributed by atoms with E-state index in [1.165, 1.54) is 12.1 Å². The zero-order valence-corrected chi connectivity index (χ0v) is 15.9. The quantitative estimate of drug-likeness (QED) is 0.279. The van der Waals surface area contributed by atoms with Gasteiger partial charge in [0.05, 0.1) is 12.2 Å². The van der Waals surface area contributed by atoms with Gasteiger partial charge in [0.15, 0.2) is 0 Å². The fraction of sp³-hybridized carbons (Fsp3) is 0.500. The number of aliphatic hydroxyl groups is 1. The molecule has 2 atom stereocenters. The van der Waals surface area contributed by atoms with Crippen molar-refractivity contribution in [3.63, 3.8) is 0 Å². The summed E-state index contributed by atoms with van der Waals surface area (Å²) in [5.41, 5.74) is 5.39. The van der Waals surface area contributed by atoms with Crippen LogP contribution in [0.3, 0.4) is 0 Å². The van der Waals surface area contributed by atoms with Crippen LogP contribution in [-0.2, 0) is 13.9 Å². The normalized spacial score (nSPS) is 16.4. The molecule has 0 amide bonds. The van der Waals surface area contributed by atoms with Crippen LogP contribution >= 0.6 is 15.2 Å². The first-order chi connectivity index (χ1) is 12.0. The number of nitrogens with two attached hydrogens (primary N) is 1. The van der Waals surface area contributed by atoms with Crippen molar-refractivity contribution in [2.24, 2.45) is 5.73 Å². The van der Waals surface area contributed by atoms with Crippen LogP contribution in [0.1, 0.15) is 36.5 Å². The van der Waals surface area contributed by atoms with Crippen LogP contribution in [0, 0.1) is 0 Å². The van der Waals surface area contributed by atoms with Crippen LogP contribution in [0.25, 0.3) is 0 Å². The summed E-state index contributed by atoms with van der Waals surface area (Å²) >= 11 is 0. The van der Waals surface area contributed by atoms with E-state index in [0.29, 0.717) is 6.42 Å². The highest BCUT2D eigenvalue weighted by molar-refractivity contribution is 7.72. The first kappa shape index (κ1) is 22.8. The summed E-state index contributed by atoms with van der Waals surface area (Å²) in [5.74, 6) is -0.859. The number of hydrogen-bond donors (Lipinski definition) is 5. The summed E-state index contributed by atoms with van der Waals surface area (Å²) in [6.45, 7) is 2.01. The third-order valence-corrected chi connectivity index (χ3v) is 7.68. The Hall–Kier alpha value is -1.25. The van der Waals surface area contributed by atoms with Crippen molar-refractivity contribution < 1.29 is 43.0 Å². The van der Waals surface area contributed by atoms with Gasteiger partial charge in [0.25, 0.3) is 5.08 Å². The number of hydrogen-bond acceptors (Lipinski definition) is 7. The molecule has 0 bridgehead atoms. The van der Waals surface area contributed by atoms with Crippen molar-refractivity contribution in [2.75, 3.05) is 13.2 Å². The van der Waals surface area contributed by atoms with Crippen molar-refractivity contribution in [3.05, 3.63) is 29.8 Å². The van der Waals surface area contributed by atoms with E-state index in [9.17, 15) is 33.7 Å². The van der Waals surface area contributed by atoms with Crippen LogP contribution in [0.4, 0.5) is 0 Å². The highest BCUT2D eigenvalue weighted by Gasteiger charge is 2.61. The smallest absolute Gasteiger partial charge is 0.420 e. The predicted molar refractivity (Wildman–Crippen MR) is 92.8 cm³/mol. The molecule has 148 valence electrons. The Bertz CT molecular complexity index is 703. The van der Waals surface area contributed by atoms with Gasteiger partial charge in [0.1, 0.15) is 5.75 Å². The van der Waals surface area contributed by atoms with Gasteiger partial charge in [-0.05, 0) is 43.7 Å². The van der Waals surface area contributed by atoms with E-state index >= 15 is 0 Å². The van der Waals surface area contributed by atoms with Gasteiger partial charge in [0.2, 0.25) is 0 Å². The van der Waals surface area contributed by atoms with E-state index < -0.39 is 32.7 Å². The molecule has 1 aromatic carbocycles. The molecular formula is C14H23NO9P2. The van der Waals surface area contributed by atoms with Gasteiger partial charge < -0.3 is 34.8 Å². The summed E-state index contributed by atoms with van der Waals surface area (Å²) in [5, 5.41) is 6.88. The van der Waals surface area contributed by atoms with Gasteiger partial charge in [-0.2, -0.15) is 0 Å². The lowest BCUT2D eigenvalue weighted by molar-refractivity contribution is 0.0505. The van der Waals surface area contributed by atoms with Gasteiger partial charge in [-0.3, -0.25) is 4.57 Å². The highest BCUT2D eigenvalue weighted by atomic mass is 31.2. The van der Waals surface area contributed by atoms with Crippen LogP contribution < -0.4 is 10.3 Å². The molecule has 1 aromatic rings. The van der Waals surface area contributed by atoms with Crippen LogP contribution in [0.2, 0.25) is 0 Å². The molecule has 26 heavy (non-hydrogen) atoms. The molecule has 6 N–H and O–H groups in total. The molecule has 0 saturated heterocycles. The van der Waals surface area contributed by atoms with Gasteiger partial charge in [-0.25, -0.2) is 9.36 Å². The third-order valence-electron chi connectivity index (χ3n) is 3.39. The highest BCUT2D eigenvalue weighted by Crippen LogP contribution is 2.71. The van der Waals surface area contributed by atoms with Gasteiger partial charge in [-0.1, -0.05) is 6.92 Å². The first-order valence-corrected chi connectivity index (χ1v) is 10.9. The standard InChI is InChI=1S/C14H23NO9P2/c1-2-10-23-13(16)11-4-6-12(7-5-11)24-26(21,22)14(17,8-3-9-15)25(18,19)20/h4-7,17H,2-3,8-10,15H2,1H3,(H,21,22)(H2,18,19,20). The molecule has 0 heterocycles. The molecule has 12 heteroatoms. The molecule has 2 unspecified atom stereocenters. The molecule has 0 fully saturated rings. The molecule has 0 aliphatic heterocycles. The number of ether oxygens (including phenoxy) is 1. The third kappa shape index (κ3) is 5.37.